The first-order chi connectivity index (χ1) is 5.93. The normalized spacial score (nSPS) is 15.8. The Morgan fingerprint density at radius 3 is 2.38 bits per heavy atom. The van der Waals surface area contributed by atoms with Crippen molar-refractivity contribution >= 4 is 17.6 Å². The molecule has 0 aromatic rings. The SMILES string of the molecule is CC(C)CC(C)OCC(Cl)C(=O)O. The Labute approximate surface area is 84.0 Å². The van der Waals surface area contributed by atoms with Gasteiger partial charge in [-0.2, -0.15) is 0 Å². The maximum absolute atomic E-state index is 10.3. The van der Waals surface area contributed by atoms with Crippen LogP contribution in [0.15, 0.2) is 0 Å². The highest BCUT2D eigenvalue weighted by Crippen LogP contribution is 2.09. The minimum atomic E-state index is -1.03. The molecule has 4 heteroatoms. The zero-order chi connectivity index (χ0) is 10.4. The highest BCUT2D eigenvalue weighted by molar-refractivity contribution is 6.29. The highest BCUT2D eigenvalue weighted by Gasteiger charge is 2.15. The van der Waals surface area contributed by atoms with Gasteiger partial charge in [0.15, 0.2) is 5.38 Å². The standard InChI is InChI=1S/C9H17ClO3/c1-6(2)4-7(3)13-5-8(10)9(11)12/h6-8H,4-5H2,1-3H3,(H,11,12). The predicted molar refractivity (Wildman–Crippen MR) is 52.1 cm³/mol. The summed E-state index contributed by atoms with van der Waals surface area (Å²) in [6, 6.07) is 0. The lowest BCUT2D eigenvalue weighted by atomic mass is 10.1. The Balaban J connectivity index is 3.57. The Morgan fingerprint density at radius 2 is 2.00 bits per heavy atom. The molecule has 2 atom stereocenters. The van der Waals surface area contributed by atoms with Gasteiger partial charge in [0, 0.05) is 0 Å². The summed E-state index contributed by atoms with van der Waals surface area (Å²) in [4.78, 5) is 10.3. The largest absolute Gasteiger partial charge is 0.480 e. The Bertz CT molecular complexity index is 159. The fourth-order valence-corrected chi connectivity index (χ4v) is 1.12. The molecule has 0 rings (SSSR count). The van der Waals surface area contributed by atoms with Gasteiger partial charge in [-0.25, -0.2) is 0 Å². The number of carboxylic acid groups (broad SMARTS) is 1. The molecule has 3 nitrogen and oxygen atoms in total. The van der Waals surface area contributed by atoms with E-state index in [1.807, 2.05) is 6.92 Å². The number of carbonyl (C=O) groups is 1. The lowest BCUT2D eigenvalue weighted by Crippen LogP contribution is -2.23. The number of aliphatic carboxylic acids is 1. The van der Waals surface area contributed by atoms with Crippen LogP contribution in [0.25, 0.3) is 0 Å². The van der Waals surface area contributed by atoms with Crippen molar-refractivity contribution in [3.8, 4) is 0 Å². The summed E-state index contributed by atoms with van der Waals surface area (Å²) in [7, 11) is 0. The molecule has 0 amide bonds. The Morgan fingerprint density at radius 1 is 1.46 bits per heavy atom. The Kier molecular flexibility index (Phi) is 6.08. The zero-order valence-corrected chi connectivity index (χ0v) is 9.04. The number of halogens is 1. The number of ether oxygens (including phenoxy) is 1. The molecule has 0 aromatic heterocycles. The summed E-state index contributed by atoms with van der Waals surface area (Å²) in [5, 5.41) is 7.53. The van der Waals surface area contributed by atoms with Crippen LogP contribution < -0.4 is 0 Å². The summed E-state index contributed by atoms with van der Waals surface area (Å²) in [6.07, 6.45) is 0.990. The van der Waals surface area contributed by atoms with Crippen LogP contribution in [0.3, 0.4) is 0 Å². The fourth-order valence-electron chi connectivity index (χ4n) is 1.05. The van der Waals surface area contributed by atoms with Crippen molar-refractivity contribution in [2.45, 2.75) is 38.7 Å². The number of alkyl halides is 1. The fraction of sp³-hybridized carbons (Fsp3) is 0.889. The monoisotopic (exact) mass is 208 g/mol. The first-order valence-corrected chi connectivity index (χ1v) is 4.85. The van der Waals surface area contributed by atoms with Crippen LogP contribution in [0.2, 0.25) is 0 Å². The average molecular weight is 209 g/mol. The summed E-state index contributed by atoms with van der Waals surface area (Å²) < 4.78 is 5.26. The molecular formula is C9H17ClO3. The number of rotatable bonds is 6. The summed E-state index contributed by atoms with van der Waals surface area (Å²) >= 11 is 5.47. The first-order valence-electron chi connectivity index (χ1n) is 4.42. The third-order valence-electron chi connectivity index (χ3n) is 1.60. The summed E-state index contributed by atoms with van der Waals surface area (Å²) in [6.45, 7) is 6.18. The van der Waals surface area contributed by atoms with Gasteiger partial charge in [0.1, 0.15) is 0 Å². The van der Waals surface area contributed by atoms with Crippen molar-refractivity contribution in [1.29, 1.82) is 0 Å². The molecule has 78 valence electrons. The van der Waals surface area contributed by atoms with Gasteiger partial charge in [-0.05, 0) is 19.3 Å². The van der Waals surface area contributed by atoms with E-state index in [9.17, 15) is 4.79 Å². The van der Waals surface area contributed by atoms with Gasteiger partial charge in [0.2, 0.25) is 0 Å². The molecule has 0 bridgehead atoms. The van der Waals surface area contributed by atoms with Crippen molar-refractivity contribution in [3.05, 3.63) is 0 Å². The molecule has 0 fully saturated rings. The van der Waals surface area contributed by atoms with Crippen LogP contribution in [0.5, 0.6) is 0 Å². The van der Waals surface area contributed by atoms with E-state index >= 15 is 0 Å². The van der Waals surface area contributed by atoms with E-state index in [-0.39, 0.29) is 12.7 Å². The van der Waals surface area contributed by atoms with Gasteiger partial charge in [0.25, 0.3) is 0 Å². The smallest absolute Gasteiger partial charge is 0.324 e. The number of hydrogen-bond acceptors (Lipinski definition) is 2. The van der Waals surface area contributed by atoms with Crippen molar-refractivity contribution in [2.24, 2.45) is 5.92 Å². The number of carboxylic acids is 1. The second-order valence-electron chi connectivity index (χ2n) is 3.58. The van der Waals surface area contributed by atoms with Crippen molar-refractivity contribution < 1.29 is 14.6 Å². The topological polar surface area (TPSA) is 46.5 Å². The molecule has 0 spiro atoms. The van der Waals surface area contributed by atoms with Crippen LogP contribution in [0, 0.1) is 5.92 Å². The predicted octanol–water partition coefficient (Wildman–Crippen LogP) is 2.13. The Hall–Kier alpha value is -0.280. The van der Waals surface area contributed by atoms with Gasteiger partial charge < -0.3 is 9.84 Å². The minimum Gasteiger partial charge on any atom is -0.480 e. The quantitative estimate of drug-likeness (QED) is 0.681. The lowest BCUT2D eigenvalue weighted by Gasteiger charge is -2.15. The van der Waals surface area contributed by atoms with E-state index in [2.05, 4.69) is 13.8 Å². The molecule has 0 saturated heterocycles. The zero-order valence-electron chi connectivity index (χ0n) is 8.29. The van der Waals surface area contributed by atoms with Crippen molar-refractivity contribution in [1.82, 2.24) is 0 Å². The summed E-state index contributed by atoms with van der Waals surface area (Å²) in [5.41, 5.74) is 0. The molecule has 2 unspecified atom stereocenters. The van der Waals surface area contributed by atoms with Gasteiger partial charge in [-0.3, -0.25) is 4.79 Å². The van der Waals surface area contributed by atoms with Crippen LogP contribution in [-0.4, -0.2) is 29.2 Å². The lowest BCUT2D eigenvalue weighted by molar-refractivity contribution is -0.138. The van der Waals surface area contributed by atoms with Crippen molar-refractivity contribution in [2.75, 3.05) is 6.61 Å². The summed E-state index contributed by atoms with van der Waals surface area (Å²) in [5.74, 6) is -0.480. The number of hydrogen-bond donors (Lipinski definition) is 1. The molecule has 1 N–H and O–H groups in total. The molecule has 0 saturated carbocycles. The maximum atomic E-state index is 10.3. The second kappa shape index (κ2) is 6.22. The second-order valence-corrected chi connectivity index (χ2v) is 4.11. The molecule has 0 aliphatic heterocycles. The minimum absolute atomic E-state index is 0.0700. The van der Waals surface area contributed by atoms with Gasteiger partial charge in [0.05, 0.1) is 12.7 Å². The molecule has 0 aliphatic carbocycles. The van der Waals surface area contributed by atoms with E-state index in [4.69, 9.17) is 21.4 Å². The first kappa shape index (κ1) is 12.7. The third-order valence-corrected chi connectivity index (χ3v) is 1.91. The molecule has 0 aliphatic rings. The third kappa shape index (κ3) is 6.84. The highest BCUT2D eigenvalue weighted by atomic mass is 35.5. The van der Waals surface area contributed by atoms with E-state index in [0.29, 0.717) is 5.92 Å². The molecule has 0 aromatic carbocycles. The van der Waals surface area contributed by atoms with E-state index < -0.39 is 11.3 Å². The van der Waals surface area contributed by atoms with Crippen molar-refractivity contribution in [3.63, 3.8) is 0 Å². The van der Waals surface area contributed by atoms with Gasteiger partial charge in [-0.15, -0.1) is 11.6 Å². The van der Waals surface area contributed by atoms with Crippen LogP contribution in [0.4, 0.5) is 0 Å². The van der Waals surface area contributed by atoms with Crippen LogP contribution in [-0.2, 0) is 9.53 Å². The maximum Gasteiger partial charge on any atom is 0.324 e. The van der Waals surface area contributed by atoms with Gasteiger partial charge >= 0.3 is 5.97 Å². The molecular weight excluding hydrogens is 192 g/mol. The molecule has 0 radical (unpaired) electrons. The van der Waals surface area contributed by atoms with E-state index in [0.717, 1.165) is 6.42 Å². The van der Waals surface area contributed by atoms with Crippen LogP contribution in [0.1, 0.15) is 27.2 Å². The molecule has 0 heterocycles. The van der Waals surface area contributed by atoms with E-state index in [1.54, 1.807) is 0 Å². The van der Waals surface area contributed by atoms with E-state index in [1.165, 1.54) is 0 Å². The van der Waals surface area contributed by atoms with Crippen LogP contribution >= 0.6 is 11.6 Å². The average Bonchev–Trinajstić information content (AvgIpc) is 1.98. The van der Waals surface area contributed by atoms with Gasteiger partial charge in [-0.1, -0.05) is 13.8 Å². The molecule has 13 heavy (non-hydrogen) atoms.